The molecule has 0 amide bonds. The Morgan fingerprint density at radius 1 is 1.35 bits per heavy atom. The van der Waals surface area contributed by atoms with Crippen LogP contribution in [0.15, 0.2) is 36.4 Å². The van der Waals surface area contributed by atoms with Crippen LogP contribution in [0.3, 0.4) is 0 Å². The fraction of sp³-hybridized carbons (Fsp3) is 0.357. The molecule has 0 N–H and O–H groups in total. The standard InChI is InChI=1S/C14H17ClO2/c1-11(9-15)10-17-14-7-5-13(6-8-14)4-3-12(2)16/h5-8H,1,3-4,9-10H2,2H3. The fourth-order valence-corrected chi connectivity index (χ4v) is 1.37. The number of hydrogen-bond acceptors (Lipinski definition) is 2. The summed E-state index contributed by atoms with van der Waals surface area (Å²) in [6, 6.07) is 7.75. The molecule has 0 bridgehead atoms. The van der Waals surface area contributed by atoms with Crippen LogP contribution in [0.2, 0.25) is 0 Å². The van der Waals surface area contributed by atoms with E-state index in [1.54, 1.807) is 6.92 Å². The maximum absolute atomic E-state index is 10.8. The van der Waals surface area contributed by atoms with E-state index in [1.807, 2.05) is 24.3 Å². The van der Waals surface area contributed by atoms with Gasteiger partial charge in [-0.3, -0.25) is 0 Å². The highest BCUT2D eigenvalue weighted by molar-refractivity contribution is 6.19. The van der Waals surface area contributed by atoms with E-state index in [4.69, 9.17) is 16.3 Å². The first-order chi connectivity index (χ1) is 8.11. The summed E-state index contributed by atoms with van der Waals surface area (Å²) >= 11 is 5.60. The molecule has 0 atom stereocenters. The first-order valence-corrected chi connectivity index (χ1v) is 6.09. The Hall–Kier alpha value is -1.28. The molecule has 1 aromatic carbocycles. The van der Waals surface area contributed by atoms with Crippen molar-refractivity contribution in [1.29, 1.82) is 0 Å². The number of aryl methyl sites for hydroxylation is 1. The SMILES string of the molecule is C=C(CCl)COc1ccc(CCC(C)=O)cc1. The number of halogens is 1. The summed E-state index contributed by atoms with van der Waals surface area (Å²) in [4.78, 5) is 10.8. The number of alkyl halides is 1. The molecule has 1 aromatic rings. The minimum Gasteiger partial charge on any atom is -0.489 e. The first kappa shape index (κ1) is 13.8. The lowest BCUT2D eigenvalue weighted by Crippen LogP contribution is -2.01. The molecule has 0 saturated carbocycles. The maximum Gasteiger partial charge on any atom is 0.130 e. The smallest absolute Gasteiger partial charge is 0.130 e. The molecule has 3 heteroatoms. The summed E-state index contributed by atoms with van der Waals surface area (Å²) in [5, 5.41) is 0. The Morgan fingerprint density at radius 3 is 2.53 bits per heavy atom. The van der Waals surface area contributed by atoms with E-state index in [2.05, 4.69) is 6.58 Å². The van der Waals surface area contributed by atoms with Crippen LogP contribution < -0.4 is 4.74 Å². The Morgan fingerprint density at radius 2 is 2.00 bits per heavy atom. The van der Waals surface area contributed by atoms with E-state index in [0.717, 1.165) is 23.3 Å². The van der Waals surface area contributed by atoms with Crippen molar-refractivity contribution < 1.29 is 9.53 Å². The normalized spacial score (nSPS) is 10.0. The van der Waals surface area contributed by atoms with Gasteiger partial charge in [-0.1, -0.05) is 18.7 Å². The molecule has 0 fully saturated rings. The maximum atomic E-state index is 10.8. The van der Waals surface area contributed by atoms with Gasteiger partial charge in [-0.05, 0) is 36.6 Å². The van der Waals surface area contributed by atoms with Crippen molar-refractivity contribution in [2.75, 3.05) is 12.5 Å². The molecule has 0 saturated heterocycles. The zero-order valence-electron chi connectivity index (χ0n) is 10.0. The third-order valence-corrected chi connectivity index (χ3v) is 2.70. The molecular weight excluding hydrogens is 236 g/mol. The molecule has 0 aliphatic heterocycles. The van der Waals surface area contributed by atoms with Gasteiger partial charge < -0.3 is 9.53 Å². The van der Waals surface area contributed by atoms with Gasteiger partial charge in [0, 0.05) is 12.3 Å². The van der Waals surface area contributed by atoms with Crippen LogP contribution in [0, 0.1) is 0 Å². The average Bonchev–Trinajstić information content (AvgIpc) is 2.34. The van der Waals surface area contributed by atoms with Gasteiger partial charge in [0.2, 0.25) is 0 Å². The lowest BCUT2D eigenvalue weighted by Gasteiger charge is -2.07. The Bertz CT molecular complexity index is 382. The summed E-state index contributed by atoms with van der Waals surface area (Å²) < 4.78 is 5.49. The number of carbonyl (C=O) groups is 1. The van der Waals surface area contributed by atoms with Gasteiger partial charge >= 0.3 is 0 Å². The number of ketones is 1. The van der Waals surface area contributed by atoms with E-state index in [0.29, 0.717) is 18.9 Å². The number of rotatable bonds is 7. The second-order valence-electron chi connectivity index (χ2n) is 4.02. The number of benzene rings is 1. The Balaban J connectivity index is 2.44. The number of Topliss-reactive ketones (excluding diaryl/α,β-unsaturated/α-hetero) is 1. The van der Waals surface area contributed by atoms with Gasteiger partial charge in [-0.2, -0.15) is 0 Å². The highest BCUT2D eigenvalue weighted by atomic mass is 35.5. The van der Waals surface area contributed by atoms with Gasteiger partial charge in [0.05, 0.1) is 0 Å². The van der Waals surface area contributed by atoms with Crippen LogP contribution >= 0.6 is 11.6 Å². The van der Waals surface area contributed by atoms with Gasteiger partial charge in [-0.25, -0.2) is 0 Å². The number of carbonyl (C=O) groups excluding carboxylic acids is 1. The molecule has 0 aliphatic rings. The number of hydrogen-bond donors (Lipinski definition) is 0. The quantitative estimate of drug-likeness (QED) is 0.549. The highest BCUT2D eigenvalue weighted by Crippen LogP contribution is 2.14. The molecule has 0 aromatic heterocycles. The highest BCUT2D eigenvalue weighted by Gasteiger charge is 1.99. The largest absolute Gasteiger partial charge is 0.489 e. The van der Waals surface area contributed by atoms with Crippen LogP contribution in [-0.2, 0) is 11.2 Å². The predicted molar refractivity (Wildman–Crippen MR) is 70.8 cm³/mol. The van der Waals surface area contributed by atoms with Crippen LogP contribution in [0.4, 0.5) is 0 Å². The summed E-state index contributed by atoms with van der Waals surface area (Å²) in [5.74, 6) is 1.42. The average molecular weight is 253 g/mol. The minimum absolute atomic E-state index is 0.212. The molecule has 92 valence electrons. The first-order valence-electron chi connectivity index (χ1n) is 5.55. The zero-order chi connectivity index (χ0) is 12.7. The van der Waals surface area contributed by atoms with Crippen molar-refractivity contribution in [3.63, 3.8) is 0 Å². The van der Waals surface area contributed by atoms with Crippen molar-refractivity contribution in [3.05, 3.63) is 42.0 Å². The predicted octanol–water partition coefficient (Wildman–Crippen LogP) is 3.38. The van der Waals surface area contributed by atoms with Crippen LogP contribution in [0.5, 0.6) is 5.75 Å². The lowest BCUT2D eigenvalue weighted by molar-refractivity contribution is -0.116. The topological polar surface area (TPSA) is 26.3 Å². The lowest BCUT2D eigenvalue weighted by atomic mass is 10.1. The molecule has 0 aliphatic carbocycles. The van der Waals surface area contributed by atoms with Crippen LogP contribution in [-0.4, -0.2) is 18.3 Å². The van der Waals surface area contributed by atoms with E-state index in [9.17, 15) is 4.79 Å². The molecule has 1 rings (SSSR count). The van der Waals surface area contributed by atoms with Crippen molar-refractivity contribution in [2.24, 2.45) is 0 Å². The summed E-state index contributed by atoms with van der Waals surface area (Å²) in [6.07, 6.45) is 1.37. The van der Waals surface area contributed by atoms with E-state index in [-0.39, 0.29) is 5.78 Å². The molecule has 0 radical (unpaired) electrons. The summed E-state index contributed by atoms with van der Waals surface area (Å²) in [7, 11) is 0. The second-order valence-corrected chi connectivity index (χ2v) is 4.29. The molecule has 0 spiro atoms. The Labute approximate surface area is 107 Å². The third-order valence-electron chi connectivity index (χ3n) is 2.32. The van der Waals surface area contributed by atoms with Crippen molar-refractivity contribution >= 4 is 17.4 Å². The van der Waals surface area contributed by atoms with E-state index < -0.39 is 0 Å². The summed E-state index contributed by atoms with van der Waals surface area (Å²) in [6.45, 7) is 5.81. The van der Waals surface area contributed by atoms with Gasteiger partial charge in [-0.15, -0.1) is 11.6 Å². The molecular formula is C14H17ClO2. The van der Waals surface area contributed by atoms with Crippen molar-refractivity contribution in [2.45, 2.75) is 19.8 Å². The Kier molecular flexibility index (Phi) is 5.78. The van der Waals surface area contributed by atoms with Gasteiger partial charge in [0.15, 0.2) is 0 Å². The molecule has 17 heavy (non-hydrogen) atoms. The van der Waals surface area contributed by atoms with E-state index in [1.165, 1.54) is 0 Å². The monoisotopic (exact) mass is 252 g/mol. The van der Waals surface area contributed by atoms with Gasteiger partial charge in [0.1, 0.15) is 18.1 Å². The van der Waals surface area contributed by atoms with Crippen molar-refractivity contribution in [1.82, 2.24) is 0 Å². The third kappa shape index (κ3) is 5.55. The molecule has 0 unspecified atom stereocenters. The molecule has 0 heterocycles. The van der Waals surface area contributed by atoms with E-state index >= 15 is 0 Å². The second kappa shape index (κ2) is 7.13. The van der Waals surface area contributed by atoms with Crippen LogP contribution in [0.25, 0.3) is 0 Å². The number of ether oxygens (including phenoxy) is 1. The van der Waals surface area contributed by atoms with Crippen LogP contribution in [0.1, 0.15) is 18.9 Å². The van der Waals surface area contributed by atoms with Gasteiger partial charge in [0.25, 0.3) is 0 Å². The minimum atomic E-state index is 0.212. The fourth-order valence-electron chi connectivity index (χ4n) is 1.30. The summed E-state index contributed by atoms with van der Waals surface area (Å²) in [5.41, 5.74) is 2.00. The molecule has 2 nitrogen and oxygen atoms in total. The van der Waals surface area contributed by atoms with Crippen molar-refractivity contribution in [3.8, 4) is 5.75 Å². The zero-order valence-corrected chi connectivity index (χ0v) is 10.8.